The topological polar surface area (TPSA) is 38.9 Å². The second kappa shape index (κ2) is 4.78. The van der Waals surface area contributed by atoms with Gasteiger partial charge in [0.2, 0.25) is 0 Å². The standard InChI is InChI=1S/C14H17FN2S/c1-9-10(2)18-13(17-9)8-14(3,16)11-4-6-12(15)7-5-11/h4-7H,8,16H2,1-3H3. The molecule has 0 amide bonds. The summed E-state index contributed by atoms with van der Waals surface area (Å²) >= 11 is 1.67. The highest BCUT2D eigenvalue weighted by atomic mass is 32.1. The molecule has 1 aromatic carbocycles. The minimum Gasteiger partial charge on any atom is -0.321 e. The van der Waals surface area contributed by atoms with Gasteiger partial charge in [0.1, 0.15) is 5.82 Å². The molecular weight excluding hydrogens is 247 g/mol. The molecule has 1 aromatic heterocycles. The summed E-state index contributed by atoms with van der Waals surface area (Å²) in [4.78, 5) is 5.73. The van der Waals surface area contributed by atoms with Crippen LogP contribution in [0.4, 0.5) is 4.39 Å². The van der Waals surface area contributed by atoms with Crippen molar-refractivity contribution in [2.75, 3.05) is 0 Å². The zero-order chi connectivity index (χ0) is 13.3. The van der Waals surface area contributed by atoms with Crippen molar-refractivity contribution >= 4 is 11.3 Å². The first-order valence-corrected chi connectivity index (χ1v) is 6.68. The van der Waals surface area contributed by atoms with Crippen LogP contribution < -0.4 is 5.73 Å². The van der Waals surface area contributed by atoms with E-state index in [0.717, 1.165) is 16.3 Å². The molecule has 0 aliphatic rings. The molecule has 0 saturated heterocycles. The average molecular weight is 264 g/mol. The van der Waals surface area contributed by atoms with Gasteiger partial charge < -0.3 is 5.73 Å². The molecule has 0 aliphatic heterocycles. The summed E-state index contributed by atoms with van der Waals surface area (Å²) in [6.45, 7) is 6.01. The highest BCUT2D eigenvalue weighted by Gasteiger charge is 2.23. The van der Waals surface area contributed by atoms with Gasteiger partial charge in [-0.3, -0.25) is 0 Å². The molecular formula is C14H17FN2S. The third-order valence-electron chi connectivity index (χ3n) is 3.09. The maximum Gasteiger partial charge on any atom is 0.123 e. The minimum absolute atomic E-state index is 0.240. The highest BCUT2D eigenvalue weighted by molar-refractivity contribution is 7.11. The fourth-order valence-electron chi connectivity index (χ4n) is 1.86. The molecule has 4 heteroatoms. The van der Waals surface area contributed by atoms with E-state index in [9.17, 15) is 4.39 Å². The molecule has 0 aliphatic carbocycles. The summed E-state index contributed by atoms with van der Waals surface area (Å²) in [5.41, 5.74) is 7.79. The summed E-state index contributed by atoms with van der Waals surface area (Å²) in [7, 11) is 0. The summed E-state index contributed by atoms with van der Waals surface area (Å²) in [6, 6.07) is 6.36. The Balaban J connectivity index is 2.23. The van der Waals surface area contributed by atoms with Crippen molar-refractivity contribution in [2.45, 2.75) is 32.7 Å². The smallest absolute Gasteiger partial charge is 0.123 e. The second-order valence-electron chi connectivity index (χ2n) is 4.85. The Morgan fingerprint density at radius 1 is 1.28 bits per heavy atom. The molecule has 2 N–H and O–H groups in total. The molecule has 1 heterocycles. The molecule has 1 atom stereocenters. The molecule has 0 radical (unpaired) electrons. The monoisotopic (exact) mass is 264 g/mol. The van der Waals surface area contributed by atoms with Crippen molar-refractivity contribution in [3.8, 4) is 0 Å². The van der Waals surface area contributed by atoms with Gasteiger partial charge in [-0.2, -0.15) is 0 Å². The Kier molecular flexibility index (Phi) is 3.50. The Labute approximate surface area is 111 Å². The quantitative estimate of drug-likeness (QED) is 0.923. The second-order valence-corrected chi connectivity index (χ2v) is 6.14. The summed E-state index contributed by atoms with van der Waals surface area (Å²) in [6.07, 6.45) is 0.665. The molecule has 96 valence electrons. The number of hydrogen-bond acceptors (Lipinski definition) is 3. The largest absolute Gasteiger partial charge is 0.321 e. The van der Waals surface area contributed by atoms with Crippen LogP contribution in [0.15, 0.2) is 24.3 Å². The lowest BCUT2D eigenvalue weighted by molar-refractivity contribution is 0.488. The van der Waals surface area contributed by atoms with E-state index in [1.807, 2.05) is 13.8 Å². The van der Waals surface area contributed by atoms with E-state index in [1.165, 1.54) is 17.0 Å². The Morgan fingerprint density at radius 2 is 1.89 bits per heavy atom. The lowest BCUT2D eigenvalue weighted by Gasteiger charge is -2.24. The van der Waals surface area contributed by atoms with E-state index in [-0.39, 0.29) is 5.82 Å². The van der Waals surface area contributed by atoms with E-state index in [1.54, 1.807) is 23.5 Å². The third-order valence-corrected chi connectivity index (χ3v) is 4.17. The van der Waals surface area contributed by atoms with Crippen LogP contribution >= 0.6 is 11.3 Å². The number of aryl methyl sites for hydroxylation is 2. The average Bonchev–Trinajstić information content (AvgIpc) is 2.57. The number of hydrogen-bond donors (Lipinski definition) is 1. The van der Waals surface area contributed by atoms with E-state index in [2.05, 4.69) is 11.9 Å². The maximum absolute atomic E-state index is 12.9. The van der Waals surface area contributed by atoms with Gasteiger partial charge in [-0.1, -0.05) is 12.1 Å². The van der Waals surface area contributed by atoms with Gasteiger partial charge in [0.15, 0.2) is 0 Å². The fourth-order valence-corrected chi connectivity index (χ4v) is 2.96. The van der Waals surface area contributed by atoms with Crippen molar-refractivity contribution < 1.29 is 4.39 Å². The van der Waals surface area contributed by atoms with Gasteiger partial charge in [-0.25, -0.2) is 9.37 Å². The van der Waals surface area contributed by atoms with Crippen LogP contribution in [0.5, 0.6) is 0 Å². The lowest BCUT2D eigenvalue weighted by Crippen LogP contribution is -2.35. The van der Waals surface area contributed by atoms with Gasteiger partial charge in [0, 0.05) is 16.8 Å². The number of benzene rings is 1. The van der Waals surface area contributed by atoms with Crippen LogP contribution in [0.3, 0.4) is 0 Å². The zero-order valence-corrected chi connectivity index (χ0v) is 11.6. The van der Waals surface area contributed by atoms with Gasteiger partial charge in [-0.05, 0) is 38.5 Å². The highest BCUT2D eigenvalue weighted by Crippen LogP contribution is 2.26. The van der Waals surface area contributed by atoms with Crippen LogP contribution in [-0.4, -0.2) is 4.98 Å². The fraction of sp³-hybridized carbons (Fsp3) is 0.357. The normalized spacial score (nSPS) is 14.5. The van der Waals surface area contributed by atoms with Crippen LogP contribution in [0.25, 0.3) is 0 Å². The van der Waals surface area contributed by atoms with Crippen molar-refractivity contribution in [1.29, 1.82) is 0 Å². The lowest BCUT2D eigenvalue weighted by atomic mass is 9.90. The van der Waals surface area contributed by atoms with Crippen LogP contribution in [0.1, 0.15) is 28.1 Å². The number of rotatable bonds is 3. The summed E-state index contributed by atoms with van der Waals surface area (Å²) < 4.78 is 12.9. The van der Waals surface area contributed by atoms with Crippen LogP contribution in [-0.2, 0) is 12.0 Å². The molecule has 2 aromatic rings. The van der Waals surface area contributed by atoms with Gasteiger partial charge in [0.25, 0.3) is 0 Å². The molecule has 18 heavy (non-hydrogen) atoms. The molecule has 0 spiro atoms. The van der Waals surface area contributed by atoms with Crippen molar-refractivity contribution in [3.05, 3.63) is 51.2 Å². The van der Waals surface area contributed by atoms with Gasteiger partial charge in [-0.15, -0.1) is 11.3 Å². The Bertz CT molecular complexity index is 524. The van der Waals surface area contributed by atoms with Crippen molar-refractivity contribution in [2.24, 2.45) is 5.73 Å². The number of thiazole rings is 1. The molecule has 2 nitrogen and oxygen atoms in total. The van der Waals surface area contributed by atoms with Crippen LogP contribution in [0.2, 0.25) is 0 Å². The Hall–Kier alpha value is -1.26. The van der Waals surface area contributed by atoms with Gasteiger partial charge in [0.05, 0.1) is 10.7 Å². The number of nitrogens with zero attached hydrogens (tertiary/aromatic N) is 1. The number of nitrogens with two attached hydrogens (primary N) is 1. The summed E-state index contributed by atoms with van der Waals surface area (Å²) in [5.74, 6) is -0.240. The first kappa shape index (κ1) is 13.2. The number of aromatic nitrogens is 1. The van der Waals surface area contributed by atoms with E-state index in [4.69, 9.17) is 5.73 Å². The molecule has 1 unspecified atom stereocenters. The van der Waals surface area contributed by atoms with Crippen molar-refractivity contribution in [1.82, 2.24) is 4.98 Å². The first-order valence-electron chi connectivity index (χ1n) is 5.86. The predicted molar refractivity (Wildman–Crippen MR) is 73.2 cm³/mol. The molecule has 0 saturated carbocycles. The van der Waals surface area contributed by atoms with E-state index >= 15 is 0 Å². The zero-order valence-electron chi connectivity index (χ0n) is 10.8. The molecule has 2 rings (SSSR count). The first-order chi connectivity index (χ1) is 8.38. The third kappa shape index (κ3) is 2.76. The Morgan fingerprint density at radius 3 is 2.39 bits per heavy atom. The molecule has 0 fully saturated rings. The van der Waals surface area contributed by atoms with E-state index < -0.39 is 5.54 Å². The number of halogens is 1. The molecule has 0 bridgehead atoms. The van der Waals surface area contributed by atoms with Gasteiger partial charge >= 0.3 is 0 Å². The van der Waals surface area contributed by atoms with E-state index in [0.29, 0.717) is 6.42 Å². The maximum atomic E-state index is 12.9. The SMILES string of the molecule is Cc1nc(CC(C)(N)c2ccc(F)cc2)sc1C. The van der Waals surface area contributed by atoms with Crippen LogP contribution in [0, 0.1) is 19.7 Å². The predicted octanol–water partition coefficient (Wildman–Crippen LogP) is 3.32. The van der Waals surface area contributed by atoms with Crippen molar-refractivity contribution in [3.63, 3.8) is 0 Å². The minimum atomic E-state index is -0.523. The summed E-state index contributed by atoms with van der Waals surface area (Å²) in [5, 5.41) is 1.03.